The number of carbonyl (C=O) groups excluding carboxylic acids is 1. The lowest BCUT2D eigenvalue weighted by molar-refractivity contribution is 0.0689. The molecule has 128 valence electrons. The molecule has 1 amide bonds. The zero-order valence-corrected chi connectivity index (χ0v) is 13.7. The molecule has 1 fully saturated rings. The number of aromatic nitrogens is 2. The highest BCUT2D eigenvalue weighted by molar-refractivity contribution is 5.90. The Bertz CT molecular complexity index is 744. The number of halogens is 1. The normalized spacial score (nSPS) is 20.7. The highest BCUT2D eigenvalue weighted by Crippen LogP contribution is 2.29. The Morgan fingerprint density at radius 2 is 2.25 bits per heavy atom. The third-order valence-corrected chi connectivity index (χ3v) is 4.12. The van der Waals surface area contributed by atoms with E-state index in [-0.39, 0.29) is 23.0 Å². The van der Waals surface area contributed by atoms with E-state index in [9.17, 15) is 14.3 Å². The molecule has 1 unspecified atom stereocenters. The van der Waals surface area contributed by atoms with E-state index in [4.69, 9.17) is 4.52 Å². The van der Waals surface area contributed by atoms with Crippen molar-refractivity contribution in [2.75, 3.05) is 13.1 Å². The van der Waals surface area contributed by atoms with Crippen LogP contribution in [0.2, 0.25) is 0 Å². The Morgan fingerprint density at radius 3 is 3.00 bits per heavy atom. The lowest BCUT2D eigenvalue weighted by atomic mass is 9.87. The van der Waals surface area contributed by atoms with Crippen LogP contribution in [0.25, 0.3) is 11.5 Å². The van der Waals surface area contributed by atoms with Crippen LogP contribution in [0.5, 0.6) is 0 Å². The average molecular weight is 333 g/mol. The van der Waals surface area contributed by atoms with Crippen molar-refractivity contribution in [2.24, 2.45) is 5.41 Å². The number of hydrogen-bond donors (Lipinski definition) is 1. The van der Waals surface area contributed by atoms with E-state index in [1.807, 2.05) is 13.8 Å². The van der Waals surface area contributed by atoms with Gasteiger partial charge in [-0.2, -0.15) is 4.98 Å². The number of aliphatic hydroxyl groups is 1. The smallest absolute Gasteiger partial charge is 0.295 e. The number of aliphatic hydroxyl groups excluding tert-OH is 1. The molecule has 0 radical (unpaired) electrons. The fraction of sp³-hybridized carbons (Fsp3) is 0.471. The number of carbonyl (C=O) groups is 1. The summed E-state index contributed by atoms with van der Waals surface area (Å²) >= 11 is 0. The summed E-state index contributed by atoms with van der Waals surface area (Å²) in [6.45, 7) is 4.96. The van der Waals surface area contributed by atoms with Crippen LogP contribution in [0, 0.1) is 11.2 Å². The molecule has 0 bridgehead atoms. The van der Waals surface area contributed by atoms with Gasteiger partial charge in [-0.1, -0.05) is 25.1 Å². The Hall–Kier alpha value is -2.28. The molecule has 1 aliphatic heterocycles. The van der Waals surface area contributed by atoms with E-state index < -0.39 is 11.9 Å². The van der Waals surface area contributed by atoms with Gasteiger partial charge in [-0.25, -0.2) is 4.39 Å². The Balaban J connectivity index is 1.80. The van der Waals surface area contributed by atoms with Crippen molar-refractivity contribution in [2.45, 2.75) is 32.8 Å². The largest absolute Gasteiger partial charge is 0.393 e. The SMILES string of the molecule is CC1(C)CC(O)CCN(C(=O)c2noc(-c3cccc(F)c3)n2)C1. The molecule has 0 aliphatic carbocycles. The van der Waals surface area contributed by atoms with E-state index >= 15 is 0 Å². The second-order valence-electron chi connectivity index (χ2n) is 6.97. The number of likely N-dealkylation sites (tertiary alicyclic amines) is 1. The Labute approximate surface area is 139 Å². The number of amides is 1. The van der Waals surface area contributed by atoms with Crippen LogP contribution >= 0.6 is 0 Å². The van der Waals surface area contributed by atoms with Gasteiger partial charge in [0.2, 0.25) is 0 Å². The van der Waals surface area contributed by atoms with Crippen LogP contribution in [0.1, 0.15) is 37.3 Å². The van der Waals surface area contributed by atoms with Crippen molar-refractivity contribution in [3.05, 3.63) is 35.9 Å². The maximum atomic E-state index is 13.3. The van der Waals surface area contributed by atoms with Crippen LogP contribution in [0.15, 0.2) is 28.8 Å². The van der Waals surface area contributed by atoms with E-state index in [1.54, 1.807) is 11.0 Å². The van der Waals surface area contributed by atoms with Gasteiger partial charge in [-0.3, -0.25) is 4.79 Å². The van der Waals surface area contributed by atoms with Crippen molar-refractivity contribution >= 4 is 5.91 Å². The van der Waals surface area contributed by atoms with Gasteiger partial charge in [0.25, 0.3) is 17.6 Å². The fourth-order valence-corrected chi connectivity index (χ4v) is 3.07. The first-order valence-electron chi connectivity index (χ1n) is 7.91. The predicted octanol–water partition coefficient (Wildman–Crippen LogP) is 2.50. The number of hydrogen-bond acceptors (Lipinski definition) is 5. The topological polar surface area (TPSA) is 79.5 Å². The third-order valence-electron chi connectivity index (χ3n) is 4.12. The van der Waals surface area contributed by atoms with Crippen molar-refractivity contribution in [3.63, 3.8) is 0 Å². The number of rotatable bonds is 2. The summed E-state index contributed by atoms with van der Waals surface area (Å²) in [6.07, 6.45) is 0.729. The molecule has 1 saturated heterocycles. The molecule has 1 aromatic heterocycles. The summed E-state index contributed by atoms with van der Waals surface area (Å²) in [4.78, 5) is 18.4. The molecule has 2 heterocycles. The fourth-order valence-electron chi connectivity index (χ4n) is 3.07. The summed E-state index contributed by atoms with van der Waals surface area (Å²) in [5, 5.41) is 13.7. The van der Waals surface area contributed by atoms with Crippen molar-refractivity contribution in [1.82, 2.24) is 15.0 Å². The van der Waals surface area contributed by atoms with Gasteiger partial charge in [0.15, 0.2) is 0 Å². The van der Waals surface area contributed by atoms with E-state index in [0.717, 1.165) is 0 Å². The predicted molar refractivity (Wildman–Crippen MR) is 84.6 cm³/mol. The summed E-state index contributed by atoms with van der Waals surface area (Å²) in [5.41, 5.74) is 0.230. The summed E-state index contributed by atoms with van der Waals surface area (Å²) in [6, 6.07) is 5.76. The Kier molecular flexibility index (Phi) is 4.36. The molecule has 3 rings (SSSR count). The molecular weight excluding hydrogens is 313 g/mol. The Morgan fingerprint density at radius 1 is 1.46 bits per heavy atom. The summed E-state index contributed by atoms with van der Waals surface area (Å²) < 4.78 is 18.4. The van der Waals surface area contributed by atoms with Gasteiger partial charge in [0, 0.05) is 18.7 Å². The third kappa shape index (κ3) is 3.62. The molecule has 1 aromatic carbocycles. The molecule has 24 heavy (non-hydrogen) atoms. The van der Waals surface area contributed by atoms with Gasteiger partial charge in [0.1, 0.15) is 5.82 Å². The minimum atomic E-state index is -0.425. The monoisotopic (exact) mass is 333 g/mol. The number of benzene rings is 1. The summed E-state index contributed by atoms with van der Waals surface area (Å²) in [7, 11) is 0. The van der Waals surface area contributed by atoms with Gasteiger partial charge in [-0.05, 0) is 36.5 Å². The lowest BCUT2D eigenvalue weighted by Crippen LogP contribution is -2.38. The zero-order chi connectivity index (χ0) is 17.3. The quantitative estimate of drug-likeness (QED) is 0.913. The van der Waals surface area contributed by atoms with Crippen LogP contribution in [-0.2, 0) is 0 Å². The molecule has 1 atom stereocenters. The van der Waals surface area contributed by atoms with E-state index in [2.05, 4.69) is 10.1 Å². The first kappa shape index (κ1) is 16.6. The maximum absolute atomic E-state index is 13.3. The van der Waals surface area contributed by atoms with E-state index in [1.165, 1.54) is 18.2 Å². The van der Waals surface area contributed by atoms with Crippen LogP contribution in [0.3, 0.4) is 0 Å². The van der Waals surface area contributed by atoms with Gasteiger partial charge >= 0.3 is 0 Å². The van der Waals surface area contributed by atoms with Gasteiger partial charge in [-0.15, -0.1) is 0 Å². The molecule has 1 aliphatic rings. The van der Waals surface area contributed by atoms with Crippen molar-refractivity contribution in [3.8, 4) is 11.5 Å². The maximum Gasteiger partial charge on any atom is 0.295 e. The molecular formula is C17H20FN3O3. The van der Waals surface area contributed by atoms with Gasteiger partial charge < -0.3 is 14.5 Å². The van der Waals surface area contributed by atoms with Crippen LogP contribution in [0.4, 0.5) is 4.39 Å². The van der Waals surface area contributed by atoms with Crippen LogP contribution < -0.4 is 0 Å². The minimum Gasteiger partial charge on any atom is -0.393 e. The van der Waals surface area contributed by atoms with Crippen LogP contribution in [-0.4, -0.2) is 45.2 Å². The molecule has 6 nitrogen and oxygen atoms in total. The molecule has 0 spiro atoms. The highest BCUT2D eigenvalue weighted by Gasteiger charge is 2.33. The zero-order valence-electron chi connectivity index (χ0n) is 13.7. The molecule has 7 heteroatoms. The standard InChI is InChI=1S/C17H20FN3O3/c1-17(2)9-13(22)6-7-21(10-17)16(23)14-19-15(24-20-14)11-4-3-5-12(18)8-11/h3-5,8,13,22H,6-7,9-10H2,1-2H3. The van der Waals surface area contributed by atoms with Crippen molar-refractivity contribution < 1.29 is 18.8 Å². The molecule has 2 aromatic rings. The minimum absolute atomic E-state index is 0.0542. The second kappa shape index (κ2) is 6.32. The highest BCUT2D eigenvalue weighted by atomic mass is 19.1. The van der Waals surface area contributed by atoms with Crippen molar-refractivity contribution in [1.29, 1.82) is 0 Å². The molecule has 0 saturated carbocycles. The summed E-state index contributed by atoms with van der Waals surface area (Å²) in [5.74, 6) is -0.709. The lowest BCUT2D eigenvalue weighted by Gasteiger charge is -2.28. The first-order chi connectivity index (χ1) is 11.3. The second-order valence-corrected chi connectivity index (χ2v) is 6.97. The number of nitrogens with zero attached hydrogens (tertiary/aromatic N) is 3. The van der Waals surface area contributed by atoms with E-state index in [0.29, 0.717) is 31.5 Å². The average Bonchev–Trinajstić information content (AvgIpc) is 2.95. The molecule has 1 N–H and O–H groups in total. The van der Waals surface area contributed by atoms with Gasteiger partial charge in [0.05, 0.1) is 6.10 Å². The first-order valence-corrected chi connectivity index (χ1v) is 7.91.